The van der Waals surface area contributed by atoms with E-state index in [1.54, 1.807) is 0 Å². The first-order valence-corrected chi connectivity index (χ1v) is 5.77. The number of hydrogen-bond acceptors (Lipinski definition) is 3. The van der Waals surface area contributed by atoms with Crippen LogP contribution in [-0.4, -0.2) is 12.9 Å². The lowest BCUT2D eigenvalue weighted by molar-refractivity contribution is -0.137. The molecular weight excluding hydrogens is 271 g/mol. The summed E-state index contributed by atoms with van der Waals surface area (Å²) in [6, 6.07) is 4.57. The molecule has 0 unspecified atom stereocenters. The number of ether oxygens (including phenoxy) is 1. The highest BCUT2D eigenvalue weighted by Crippen LogP contribution is 2.35. The Kier molecular flexibility index (Phi) is 3.57. The first kappa shape index (κ1) is 14.2. The molecule has 0 aliphatic heterocycles. The fraction of sp³-hybridized carbons (Fsp3) is 0.214. The molecule has 0 aromatic heterocycles. The molecule has 1 aromatic carbocycles. The fourth-order valence-electron chi connectivity index (χ4n) is 2.09. The lowest BCUT2D eigenvalue weighted by Crippen LogP contribution is -2.07. The van der Waals surface area contributed by atoms with Crippen LogP contribution in [0.25, 0.3) is 5.57 Å². The van der Waals surface area contributed by atoms with Crippen molar-refractivity contribution in [3.8, 4) is 0 Å². The Balaban J connectivity index is 2.45. The van der Waals surface area contributed by atoms with Crippen LogP contribution in [-0.2, 0) is 15.7 Å². The van der Waals surface area contributed by atoms with E-state index in [2.05, 4.69) is 0 Å². The number of ketones is 1. The number of methoxy groups -OCH3 is 1. The average molecular weight is 283 g/mol. The van der Waals surface area contributed by atoms with E-state index >= 15 is 0 Å². The molecule has 6 heteroatoms. The monoisotopic (exact) mass is 283 g/mol. The van der Waals surface area contributed by atoms with Crippen LogP contribution in [0.3, 0.4) is 0 Å². The standard InChI is InChI=1S/C14H12F3NO2/c1-20-7-9-6-11(18)12(13(9)19)8-3-2-4-10(5-8)14(15,16)17/h2-5,7H,6,18H2,1H3/b9-7+. The molecule has 0 atom stereocenters. The Labute approximate surface area is 113 Å². The van der Waals surface area contributed by atoms with Gasteiger partial charge in [-0.25, -0.2) is 0 Å². The number of Topliss-reactive ketones (excluding diaryl/α,β-unsaturated/α-hetero) is 1. The third kappa shape index (κ3) is 2.54. The van der Waals surface area contributed by atoms with E-state index in [4.69, 9.17) is 10.5 Å². The maximum Gasteiger partial charge on any atom is 0.416 e. The summed E-state index contributed by atoms with van der Waals surface area (Å²) in [6.45, 7) is 0. The van der Waals surface area contributed by atoms with Gasteiger partial charge in [-0.15, -0.1) is 0 Å². The molecule has 0 amide bonds. The van der Waals surface area contributed by atoms with Gasteiger partial charge in [0, 0.05) is 23.3 Å². The number of halogens is 3. The molecule has 2 rings (SSSR count). The van der Waals surface area contributed by atoms with Gasteiger partial charge < -0.3 is 10.5 Å². The summed E-state index contributed by atoms with van der Waals surface area (Å²) >= 11 is 0. The maximum atomic E-state index is 12.7. The van der Waals surface area contributed by atoms with Crippen molar-refractivity contribution in [2.75, 3.05) is 7.11 Å². The smallest absolute Gasteiger partial charge is 0.416 e. The van der Waals surface area contributed by atoms with Crippen LogP contribution in [0.5, 0.6) is 0 Å². The van der Waals surface area contributed by atoms with Crippen LogP contribution in [0.15, 0.2) is 41.8 Å². The number of carbonyl (C=O) groups is 1. The van der Waals surface area contributed by atoms with Crippen LogP contribution in [0.2, 0.25) is 0 Å². The lowest BCUT2D eigenvalue weighted by atomic mass is 10.0. The lowest BCUT2D eigenvalue weighted by Gasteiger charge is -2.09. The van der Waals surface area contributed by atoms with Gasteiger partial charge in [0.1, 0.15) is 0 Å². The largest absolute Gasteiger partial charge is 0.504 e. The molecule has 20 heavy (non-hydrogen) atoms. The Morgan fingerprint density at radius 2 is 2.05 bits per heavy atom. The summed E-state index contributed by atoms with van der Waals surface area (Å²) in [5.41, 5.74) is 5.81. The first-order valence-electron chi connectivity index (χ1n) is 5.77. The Hall–Kier alpha value is -2.24. The number of benzene rings is 1. The minimum Gasteiger partial charge on any atom is -0.504 e. The van der Waals surface area contributed by atoms with Gasteiger partial charge in [0.25, 0.3) is 0 Å². The van der Waals surface area contributed by atoms with Gasteiger partial charge in [-0.3, -0.25) is 4.79 Å². The second kappa shape index (κ2) is 5.03. The molecule has 0 bridgehead atoms. The highest BCUT2D eigenvalue weighted by Gasteiger charge is 2.33. The maximum absolute atomic E-state index is 12.7. The molecule has 1 aliphatic rings. The zero-order valence-corrected chi connectivity index (χ0v) is 10.6. The van der Waals surface area contributed by atoms with E-state index in [0.29, 0.717) is 5.57 Å². The predicted molar refractivity (Wildman–Crippen MR) is 67.3 cm³/mol. The van der Waals surface area contributed by atoms with Gasteiger partial charge >= 0.3 is 6.18 Å². The minimum absolute atomic E-state index is 0.111. The summed E-state index contributed by atoms with van der Waals surface area (Å²) in [5.74, 6) is -0.399. The van der Waals surface area contributed by atoms with Crippen molar-refractivity contribution in [2.24, 2.45) is 5.73 Å². The van der Waals surface area contributed by atoms with Crippen LogP contribution < -0.4 is 5.73 Å². The van der Waals surface area contributed by atoms with E-state index in [1.807, 2.05) is 0 Å². The quantitative estimate of drug-likeness (QED) is 0.670. The molecule has 0 spiro atoms. The van der Waals surface area contributed by atoms with E-state index in [1.165, 1.54) is 25.5 Å². The molecule has 0 radical (unpaired) electrons. The normalized spacial score (nSPS) is 18.0. The molecule has 3 nitrogen and oxygen atoms in total. The highest BCUT2D eigenvalue weighted by molar-refractivity contribution is 6.32. The third-order valence-corrected chi connectivity index (χ3v) is 2.96. The van der Waals surface area contributed by atoms with Crippen LogP contribution in [0, 0.1) is 0 Å². The summed E-state index contributed by atoms with van der Waals surface area (Å²) in [7, 11) is 1.39. The molecule has 106 valence electrons. The second-order valence-electron chi connectivity index (χ2n) is 4.36. The number of allylic oxidation sites excluding steroid dienone is 2. The molecule has 1 aliphatic carbocycles. The van der Waals surface area contributed by atoms with E-state index in [0.717, 1.165) is 12.1 Å². The molecule has 0 saturated heterocycles. The first-order chi connectivity index (χ1) is 9.34. The van der Waals surface area contributed by atoms with Gasteiger partial charge in [-0.1, -0.05) is 12.1 Å². The molecule has 1 aromatic rings. The number of rotatable bonds is 2. The molecule has 2 N–H and O–H groups in total. The summed E-state index contributed by atoms with van der Waals surface area (Å²) in [4.78, 5) is 12.1. The van der Waals surface area contributed by atoms with Crippen molar-refractivity contribution in [3.05, 3.63) is 52.9 Å². The Morgan fingerprint density at radius 3 is 2.65 bits per heavy atom. The summed E-state index contributed by atoms with van der Waals surface area (Å²) in [6.07, 6.45) is -3.02. The van der Waals surface area contributed by atoms with Crippen molar-refractivity contribution < 1.29 is 22.7 Å². The van der Waals surface area contributed by atoms with Crippen molar-refractivity contribution in [3.63, 3.8) is 0 Å². The van der Waals surface area contributed by atoms with Gasteiger partial charge in [0.2, 0.25) is 0 Å². The number of hydrogen-bond donors (Lipinski definition) is 1. The van der Waals surface area contributed by atoms with Crippen molar-refractivity contribution in [1.29, 1.82) is 0 Å². The summed E-state index contributed by atoms with van der Waals surface area (Å²) < 4.78 is 42.8. The number of alkyl halides is 3. The molecule has 0 heterocycles. The molecule has 0 fully saturated rings. The third-order valence-electron chi connectivity index (χ3n) is 2.96. The highest BCUT2D eigenvalue weighted by atomic mass is 19.4. The van der Waals surface area contributed by atoms with Gasteiger partial charge in [0.15, 0.2) is 5.78 Å². The predicted octanol–water partition coefficient (Wildman–Crippen LogP) is 2.88. The summed E-state index contributed by atoms with van der Waals surface area (Å²) in [5, 5.41) is 0. The van der Waals surface area contributed by atoms with Gasteiger partial charge in [0.05, 0.1) is 18.9 Å². The van der Waals surface area contributed by atoms with E-state index < -0.39 is 17.5 Å². The van der Waals surface area contributed by atoms with Crippen LogP contribution >= 0.6 is 0 Å². The molecular formula is C14H12F3NO2. The zero-order chi connectivity index (χ0) is 14.9. The fourth-order valence-corrected chi connectivity index (χ4v) is 2.09. The molecule has 0 saturated carbocycles. The number of nitrogens with two attached hydrogens (primary N) is 1. The van der Waals surface area contributed by atoms with Crippen LogP contribution in [0.4, 0.5) is 13.2 Å². The van der Waals surface area contributed by atoms with Gasteiger partial charge in [-0.05, 0) is 17.7 Å². The SMILES string of the molecule is CO/C=C1\CC(N)=C(c2cccc(C(F)(F)F)c2)C1=O. The Bertz CT molecular complexity index is 615. The average Bonchev–Trinajstić information content (AvgIpc) is 2.64. The minimum atomic E-state index is -4.46. The number of carbonyl (C=O) groups excluding carboxylic acids is 1. The van der Waals surface area contributed by atoms with Crippen molar-refractivity contribution in [1.82, 2.24) is 0 Å². The van der Waals surface area contributed by atoms with Crippen LogP contribution in [0.1, 0.15) is 17.5 Å². The van der Waals surface area contributed by atoms with E-state index in [-0.39, 0.29) is 23.3 Å². The van der Waals surface area contributed by atoms with Crippen molar-refractivity contribution in [2.45, 2.75) is 12.6 Å². The zero-order valence-electron chi connectivity index (χ0n) is 10.6. The topological polar surface area (TPSA) is 52.3 Å². The van der Waals surface area contributed by atoms with E-state index in [9.17, 15) is 18.0 Å². The van der Waals surface area contributed by atoms with Crippen molar-refractivity contribution >= 4 is 11.4 Å². The Morgan fingerprint density at radius 1 is 1.35 bits per heavy atom. The second-order valence-corrected chi connectivity index (χ2v) is 4.36. The van der Waals surface area contributed by atoms with Gasteiger partial charge in [-0.2, -0.15) is 13.2 Å².